The number of hydrogen-bond acceptors (Lipinski definition) is 3. The maximum absolute atomic E-state index is 8.72. The predicted octanol–water partition coefficient (Wildman–Crippen LogP) is 1.30. The highest BCUT2D eigenvalue weighted by atomic mass is 35.5. The molecule has 1 heterocycles. The average molecular weight is 189 g/mol. The third kappa shape index (κ3) is 3.55. The predicted molar refractivity (Wildman–Crippen MR) is 51.7 cm³/mol. The van der Waals surface area contributed by atoms with Gasteiger partial charge in [0.25, 0.3) is 0 Å². The number of aliphatic hydroxyl groups excluding tert-OH is 1. The number of anilines is 1. The molecule has 0 aromatic carbocycles. The zero-order valence-electron chi connectivity index (χ0n) is 6.90. The number of hydrogen-bond donors (Lipinski definition) is 2. The van der Waals surface area contributed by atoms with Crippen LogP contribution in [0.4, 0.5) is 5.69 Å². The summed E-state index contributed by atoms with van der Waals surface area (Å²) < 4.78 is 0. The highest BCUT2D eigenvalue weighted by molar-refractivity contribution is 5.85. The highest BCUT2D eigenvalue weighted by Gasteiger charge is 1.97. The summed E-state index contributed by atoms with van der Waals surface area (Å²) in [6, 6.07) is 3.83. The normalized spacial score (nSPS) is 11.5. The lowest BCUT2D eigenvalue weighted by molar-refractivity contribution is 0.281. The number of nitrogens with one attached hydrogen (secondary N) is 1. The van der Waals surface area contributed by atoms with E-state index >= 15 is 0 Å². The zero-order chi connectivity index (χ0) is 8.10. The Hall–Kier alpha value is -0.800. The number of nitrogens with zero attached hydrogens (tertiary/aromatic N) is 1. The van der Waals surface area contributed by atoms with Gasteiger partial charge in [-0.15, -0.1) is 12.4 Å². The molecule has 0 radical (unpaired) electrons. The molecule has 4 heteroatoms. The van der Waals surface area contributed by atoms with Crippen molar-refractivity contribution in [2.45, 2.75) is 13.0 Å². The molecule has 0 aliphatic heterocycles. The van der Waals surface area contributed by atoms with E-state index in [4.69, 9.17) is 5.11 Å². The Kier molecular flexibility index (Phi) is 5.41. The monoisotopic (exact) mass is 188 g/mol. The molecule has 0 amide bonds. The van der Waals surface area contributed by atoms with Gasteiger partial charge in [-0.05, 0) is 19.1 Å². The first kappa shape index (κ1) is 11.2. The molecule has 0 saturated carbocycles. The van der Waals surface area contributed by atoms with E-state index in [1.54, 1.807) is 12.4 Å². The minimum Gasteiger partial charge on any atom is -0.394 e. The van der Waals surface area contributed by atoms with Gasteiger partial charge < -0.3 is 10.4 Å². The van der Waals surface area contributed by atoms with Gasteiger partial charge in [0.15, 0.2) is 0 Å². The summed E-state index contributed by atoms with van der Waals surface area (Å²) in [5.74, 6) is 0. The van der Waals surface area contributed by atoms with Crippen molar-refractivity contribution in [3.05, 3.63) is 24.5 Å². The number of halogens is 1. The van der Waals surface area contributed by atoms with Crippen LogP contribution in [0, 0.1) is 0 Å². The topological polar surface area (TPSA) is 45.1 Å². The Balaban J connectivity index is 0.00000121. The molecular weight excluding hydrogens is 176 g/mol. The second kappa shape index (κ2) is 5.80. The molecular formula is C8H13ClN2O. The van der Waals surface area contributed by atoms with Crippen LogP contribution in [0.5, 0.6) is 0 Å². The van der Waals surface area contributed by atoms with Crippen molar-refractivity contribution >= 4 is 18.1 Å². The van der Waals surface area contributed by atoms with Crippen LogP contribution in [-0.2, 0) is 0 Å². The molecule has 0 aliphatic carbocycles. The van der Waals surface area contributed by atoms with E-state index in [1.807, 2.05) is 19.1 Å². The Morgan fingerprint density at radius 1 is 1.50 bits per heavy atom. The van der Waals surface area contributed by atoms with Crippen LogP contribution in [0.1, 0.15) is 6.92 Å². The Labute approximate surface area is 78.2 Å². The summed E-state index contributed by atoms with van der Waals surface area (Å²) in [7, 11) is 0. The molecule has 3 nitrogen and oxygen atoms in total. The third-order valence-corrected chi connectivity index (χ3v) is 1.37. The molecule has 1 aromatic rings. The minimum absolute atomic E-state index is 0. The SMILES string of the molecule is C[C@@H](CO)Nc1ccncc1.Cl. The van der Waals surface area contributed by atoms with Crippen LogP contribution in [0.3, 0.4) is 0 Å². The van der Waals surface area contributed by atoms with Crippen molar-refractivity contribution in [1.29, 1.82) is 0 Å². The van der Waals surface area contributed by atoms with Gasteiger partial charge in [0.1, 0.15) is 0 Å². The van der Waals surface area contributed by atoms with E-state index in [1.165, 1.54) is 0 Å². The van der Waals surface area contributed by atoms with Gasteiger partial charge in [0.05, 0.1) is 6.61 Å². The van der Waals surface area contributed by atoms with E-state index in [0.29, 0.717) is 0 Å². The van der Waals surface area contributed by atoms with E-state index in [0.717, 1.165) is 5.69 Å². The van der Waals surface area contributed by atoms with Crippen molar-refractivity contribution in [2.24, 2.45) is 0 Å². The largest absolute Gasteiger partial charge is 0.394 e. The van der Waals surface area contributed by atoms with Gasteiger partial charge >= 0.3 is 0 Å². The molecule has 0 fully saturated rings. The summed E-state index contributed by atoms with van der Waals surface area (Å²) >= 11 is 0. The van der Waals surface area contributed by atoms with Crippen LogP contribution >= 0.6 is 12.4 Å². The van der Waals surface area contributed by atoms with Gasteiger partial charge in [0.2, 0.25) is 0 Å². The molecule has 0 bridgehead atoms. The van der Waals surface area contributed by atoms with Gasteiger partial charge in [-0.25, -0.2) is 0 Å². The Morgan fingerprint density at radius 2 is 2.08 bits per heavy atom. The molecule has 1 atom stereocenters. The molecule has 0 spiro atoms. The van der Waals surface area contributed by atoms with Gasteiger partial charge in [-0.1, -0.05) is 0 Å². The first-order valence-electron chi connectivity index (χ1n) is 3.60. The number of pyridine rings is 1. The Bertz CT molecular complexity index is 205. The van der Waals surface area contributed by atoms with Crippen LogP contribution in [0.2, 0.25) is 0 Å². The quantitative estimate of drug-likeness (QED) is 0.752. The molecule has 12 heavy (non-hydrogen) atoms. The number of aromatic nitrogens is 1. The summed E-state index contributed by atoms with van der Waals surface area (Å²) in [4.78, 5) is 3.88. The zero-order valence-corrected chi connectivity index (χ0v) is 7.71. The van der Waals surface area contributed by atoms with Crippen molar-refractivity contribution in [3.63, 3.8) is 0 Å². The average Bonchev–Trinajstić information content (AvgIpc) is 2.06. The molecule has 2 N–H and O–H groups in total. The van der Waals surface area contributed by atoms with Crippen LogP contribution in [0.15, 0.2) is 24.5 Å². The lowest BCUT2D eigenvalue weighted by atomic mass is 10.3. The molecule has 0 saturated heterocycles. The number of aliphatic hydroxyl groups is 1. The van der Waals surface area contributed by atoms with E-state index in [9.17, 15) is 0 Å². The minimum atomic E-state index is 0. The lowest BCUT2D eigenvalue weighted by Crippen LogP contribution is -2.18. The maximum atomic E-state index is 8.72. The fourth-order valence-electron chi connectivity index (χ4n) is 0.778. The van der Waals surface area contributed by atoms with Crippen LogP contribution < -0.4 is 5.32 Å². The van der Waals surface area contributed by atoms with E-state index in [2.05, 4.69) is 10.3 Å². The van der Waals surface area contributed by atoms with Crippen molar-refractivity contribution < 1.29 is 5.11 Å². The second-order valence-electron chi connectivity index (χ2n) is 2.46. The third-order valence-electron chi connectivity index (χ3n) is 1.37. The summed E-state index contributed by atoms with van der Waals surface area (Å²) in [5.41, 5.74) is 0.988. The first-order valence-corrected chi connectivity index (χ1v) is 3.60. The van der Waals surface area contributed by atoms with Gasteiger partial charge in [0, 0.05) is 24.1 Å². The van der Waals surface area contributed by atoms with Crippen LogP contribution in [-0.4, -0.2) is 22.7 Å². The first-order chi connectivity index (χ1) is 5.33. The number of rotatable bonds is 3. The van der Waals surface area contributed by atoms with Crippen molar-refractivity contribution in [2.75, 3.05) is 11.9 Å². The summed E-state index contributed by atoms with van der Waals surface area (Å²) in [6.45, 7) is 2.06. The van der Waals surface area contributed by atoms with E-state index < -0.39 is 0 Å². The molecule has 0 unspecified atom stereocenters. The summed E-state index contributed by atoms with van der Waals surface area (Å²) in [6.07, 6.45) is 3.43. The standard InChI is InChI=1S/C8H12N2O.ClH/c1-7(6-11)10-8-2-4-9-5-3-8;/h2-5,7,11H,6H2,1H3,(H,9,10);1H/t7-;/m0./s1. The second-order valence-corrected chi connectivity index (χ2v) is 2.46. The van der Waals surface area contributed by atoms with Crippen molar-refractivity contribution in [3.8, 4) is 0 Å². The van der Waals surface area contributed by atoms with Gasteiger partial charge in [-0.3, -0.25) is 4.98 Å². The molecule has 1 aromatic heterocycles. The maximum Gasteiger partial charge on any atom is 0.0630 e. The fourth-order valence-corrected chi connectivity index (χ4v) is 0.778. The van der Waals surface area contributed by atoms with E-state index in [-0.39, 0.29) is 25.1 Å². The fraction of sp³-hybridized carbons (Fsp3) is 0.375. The lowest BCUT2D eigenvalue weighted by Gasteiger charge is -2.10. The Morgan fingerprint density at radius 3 is 2.58 bits per heavy atom. The van der Waals surface area contributed by atoms with Crippen LogP contribution in [0.25, 0.3) is 0 Å². The van der Waals surface area contributed by atoms with Gasteiger partial charge in [-0.2, -0.15) is 0 Å². The highest BCUT2D eigenvalue weighted by Crippen LogP contribution is 2.04. The molecule has 1 rings (SSSR count). The molecule has 68 valence electrons. The summed E-state index contributed by atoms with van der Waals surface area (Å²) in [5, 5.41) is 11.8. The molecule has 0 aliphatic rings. The van der Waals surface area contributed by atoms with Crippen molar-refractivity contribution in [1.82, 2.24) is 4.98 Å². The smallest absolute Gasteiger partial charge is 0.0630 e.